The van der Waals surface area contributed by atoms with Gasteiger partial charge in [0.25, 0.3) is 11.8 Å². The van der Waals surface area contributed by atoms with Crippen molar-refractivity contribution in [1.29, 1.82) is 0 Å². The summed E-state index contributed by atoms with van der Waals surface area (Å²) < 4.78 is 2.08. The molecule has 2 fully saturated rings. The highest BCUT2D eigenvalue weighted by molar-refractivity contribution is 6.23. The van der Waals surface area contributed by atoms with Crippen LogP contribution >= 0.6 is 0 Å². The molecular weight excluding hydrogens is 446 g/mol. The minimum Gasteiger partial charge on any atom is -0.385 e. The smallest absolute Gasteiger partial charge is 0.262 e. The zero-order valence-electron chi connectivity index (χ0n) is 19.3. The molecule has 178 valence electrons. The van der Waals surface area contributed by atoms with Crippen molar-refractivity contribution in [3.63, 3.8) is 0 Å². The second kappa shape index (κ2) is 8.04. The predicted octanol–water partition coefficient (Wildman–Crippen LogP) is 2.81. The number of imide groups is 2. The first kappa shape index (κ1) is 21.5. The van der Waals surface area contributed by atoms with E-state index in [1.165, 1.54) is 10.9 Å². The van der Waals surface area contributed by atoms with Crippen molar-refractivity contribution in [3.05, 3.63) is 59.3 Å². The van der Waals surface area contributed by atoms with Crippen LogP contribution in [-0.4, -0.2) is 50.9 Å². The third kappa shape index (κ3) is 3.58. The molecular formula is C26H25N5O4. The van der Waals surface area contributed by atoms with Gasteiger partial charge in [0, 0.05) is 30.2 Å². The second-order valence-electron chi connectivity index (χ2n) is 9.70. The maximum absolute atomic E-state index is 13.0. The third-order valence-corrected chi connectivity index (χ3v) is 7.41. The molecule has 1 aliphatic carbocycles. The van der Waals surface area contributed by atoms with E-state index in [-0.39, 0.29) is 29.9 Å². The van der Waals surface area contributed by atoms with Crippen molar-refractivity contribution in [1.82, 2.24) is 20.0 Å². The summed E-state index contributed by atoms with van der Waals surface area (Å²) in [6.07, 6.45) is 4.43. The maximum Gasteiger partial charge on any atom is 0.262 e. The number of hydrogen-bond donors (Lipinski definition) is 2. The first-order valence-corrected chi connectivity index (χ1v) is 11.9. The van der Waals surface area contributed by atoms with Crippen molar-refractivity contribution in [2.45, 2.75) is 44.7 Å². The number of carbonyl (C=O) groups excluding carboxylic acids is 4. The van der Waals surface area contributed by atoms with Gasteiger partial charge in [-0.2, -0.15) is 5.10 Å². The summed E-state index contributed by atoms with van der Waals surface area (Å²) in [5, 5.41) is 11.5. The van der Waals surface area contributed by atoms with E-state index in [1.807, 2.05) is 12.1 Å². The highest BCUT2D eigenvalue weighted by Gasteiger charge is 2.44. The summed E-state index contributed by atoms with van der Waals surface area (Å²) in [5.41, 5.74) is 3.59. The van der Waals surface area contributed by atoms with Crippen molar-refractivity contribution < 1.29 is 19.2 Å². The van der Waals surface area contributed by atoms with Crippen molar-refractivity contribution in [2.24, 2.45) is 5.92 Å². The lowest BCUT2D eigenvalue weighted by molar-refractivity contribution is -0.136. The number of benzene rings is 2. The molecule has 6 rings (SSSR count). The molecule has 1 aromatic heterocycles. The minimum absolute atomic E-state index is 0.104. The Morgan fingerprint density at radius 2 is 1.86 bits per heavy atom. The summed E-state index contributed by atoms with van der Waals surface area (Å²) in [6.45, 7) is 2.86. The molecule has 0 radical (unpaired) electrons. The average Bonchev–Trinajstić information content (AvgIpc) is 3.33. The highest BCUT2D eigenvalue weighted by atomic mass is 16.2. The van der Waals surface area contributed by atoms with Gasteiger partial charge in [0.1, 0.15) is 6.04 Å². The Morgan fingerprint density at radius 3 is 2.63 bits per heavy atom. The number of hydrogen-bond acceptors (Lipinski definition) is 6. The van der Waals surface area contributed by atoms with E-state index in [0.717, 1.165) is 35.5 Å². The fraction of sp³-hybridized carbons (Fsp3) is 0.346. The zero-order chi connectivity index (χ0) is 24.3. The Bertz CT molecular complexity index is 1400. The molecule has 3 heterocycles. The summed E-state index contributed by atoms with van der Waals surface area (Å²) in [7, 11) is 0. The SMILES string of the molecule is Cc1cccc2nn(C3CC(CNc4ccc5c(c4)C(=O)N(C4CCC(=O)NC4=O)C5=O)C3)cc12. The lowest BCUT2D eigenvalue weighted by atomic mass is 9.80. The van der Waals surface area contributed by atoms with Crippen molar-refractivity contribution in [2.75, 3.05) is 11.9 Å². The second-order valence-corrected chi connectivity index (χ2v) is 9.70. The Hall–Kier alpha value is -4.01. The number of nitrogens with zero attached hydrogens (tertiary/aromatic N) is 3. The standard InChI is InChI=1S/C26H25N5O4/c1-14-3-2-4-21-20(14)13-30(29-21)17-9-15(10-17)12-27-16-5-6-18-19(11-16)26(35)31(25(18)34)22-7-8-23(32)28-24(22)33/h2-6,11,13,15,17,22,27H,7-10,12H2,1H3,(H,28,32,33). The quantitative estimate of drug-likeness (QED) is 0.554. The maximum atomic E-state index is 13.0. The van der Waals surface area contributed by atoms with Gasteiger partial charge in [0.15, 0.2) is 0 Å². The number of piperidine rings is 1. The molecule has 4 amide bonds. The molecule has 1 saturated carbocycles. The molecule has 3 aliphatic rings. The molecule has 0 spiro atoms. The highest BCUT2D eigenvalue weighted by Crippen LogP contribution is 2.38. The van der Waals surface area contributed by atoms with Gasteiger partial charge in [0.05, 0.1) is 22.7 Å². The van der Waals surface area contributed by atoms with E-state index in [2.05, 4.69) is 34.5 Å². The zero-order valence-corrected chi connectivity index (χ0v) is 19.3. The van der Waals surface area contributed by atoms with E-state index < -0.39 is 23.8 Å². The van der Waals surface area contributed by atoms with Crippen LogP contribution < -0.4 is 10.6 Å². The predicted molar refractivity (Wildman–Crippen MR) is 128 cm³/mol. The largest absolute Gasteiger partial charge is 0.385 e. The van der Waals surface area contributed by atoms with Crippen molar-refractivity contribution >= 4 is 40.2 Å². The van der Waals surface area contributed by atoms with Gasteiger partial charge in [-0.25, -0.2) is 0 Å². The first-order valence-electron chi connectivity index (χ1n) is 11.9. The van der Waals surface area contributed by atoms with Crippen LogP contribution in [0, 0.1) is 12.8 Å². The summed E-state index contributed by atoms with van der Waals surface area (Å²) in [6, 6.07) is 10.7. The molecule has 2 aliphatic heterocycles. The molecule has 9 nitrogen and oxygen atoms in total. The first-order chi connectivity index (χ1) is 16.9. The van der Waals surface area contributed by atoms with Gasteiger partial charge < -0.3 is 5.32 Å². The van der Waals surface area contributed by atoms with Crippen LogP contribution in [0.25, 0.3) is 10.9 Å². The number of amides is 4. The fourth-order valence-corrected chi connectivity index (χ4v) is 5.32. The van der Waals surface area contributed by atoms with Gasteiger partial charge in [0.2, 0.25) is 11.8 Å². The number of rotatable bonds is 5. The molecule has 0 bridgehead atoms. The third-order valence-electron chi connectivity index (χ3n) is 7.41. The Morgan fingerprint density at radius 1 is 1.06 bits per heavy atom. The van der Waals surface area contributed by atoms with Crippen molar-refractivity contribution in [3.8, 4) is 0 Å². The van der Waals surface area contributed by atoms with Crippen LogP contribution in [0.3, 0.4) is 0 Å². The Kier molecular flexibility index (Phi) is 4.94. The van der Waals surface area contributed by atoms with Gasteiger partial charge in [-0.15, -0.1) is 0 Å². The van der Waals surface area contributed by atoms with E-state index in [4.69, 9.17) is 5.10 Å². The van der Waals surface area contributed by atoms with Crippen LogP contribution in [0.1, 0.15) is 58.0 Å². The van der Waals surface area contributed by atoms with Crippen LogP contribution in [0.2, 0.25) is 0 Å². The molecule has 2 N–H and O–H groups in total. The molecule has 1 unspecified atom stereocenters. The monoisotopic (exact) mass is 471 g/mol. The molecule has 9 heteroatoms. The van der Waals surface area contributed by atoms with Crippen LogP contribution in [0.5, 0.6) is 0 Å². The van der Waals surface area contributed by atoms with Gasteiger partial charge in [-0.05, 0) is 61.9 Å². The number of anilines is 1. The Balaban J connectivity index is 1.09. The molecule has 1 saturated heterocycles. The lowest BCUT2D eigenvalue weighted by Gasteiger charge is -2.35. The van der Waals surface area contributed by atoms with E-state index in [0.29, 0.717) is 12.0 Å². The van der Waals surface area contributed by atoms with Crippen LogP contribution in [0.15, 0.2) is 42.6 Å². The number of aromatic nitrogens is 2. The molecule has 1 atom stereocenters. The minimum atomic E-state index is -0.953. The topological polar surface area (TPSA) is 113 Å². The molecule has 3 aromatic rings. The van der Waals surface area contributed by atoms with Gasteiger partial charge in [-0.3, -0.25) is 34.1 Å². The number of nitrogens with one attached hydrogen (secondary N) is 2. The summed E-state index contributed by atoms with van der Waals surface area (Å²) in [4.78, 5) is 50.5. The summed E-state index contributed by atoms with van der Waals surface area (Å²) >= 11 is 0. The number of aryl methyl sites for hydroxylation is 1. The van der Waals surface area contributed by atoms with Gasteiger partial charge >= 0.3 is 0 Å². The summed E-state index contributed by atoms with van der Waals surface area (Å²) in [5.74, 6) is -1.49. The molecule has 35 heavy (non-hydrogen) atoms. The lowest BCUT2D eigenvalue weighted by Crippen LogP contribution is -2.54. The molecule has 2 aromatic carbocycles. The van der Waals surface area contributed by atoms with Crippen LogP contribution in [-0.2, 0) is 9.59 Å². The van der Waals surface area contributed by atoms with Gasteiger partial charge in [-0.1, -0.05) is 12.1 Å². The van der Waals surface area contributed by atoms with E-state index in [1.54, 1.807) is 18.2 Å². The number of fused-ring (bicyclic) bond motifs is 2. The Labute approximate surface area is 201 Å². The average molecular weight is 472 g/mol. The number of carbonyl (C=O) groups is 4. The normalized spacial score (nSPS) is 23.9. The van der Waals surface area contributed by atoms with E-state index >= 15 is 0 Å². The van der Waals surface area contributed by atoms with E-state index in [9.17, 15) is 19.2 Å². The fourth-order valence-electron chi connectivity index (χ4n) is 5.32. The van der Waals surface area contributed by atoms with Crippen LogP contribution in [0.4, 0.5) is 5.69 Å².